The van der Waals surface area contributed by atoms with Crippen LogP contribution in [0.1, 0.15) is 45.6 Å². The first-order valence-electron chi connectivity index (χ1n) is 6.76. The maximum atomic E-state index is 6.37. The molecule has 0 amide bonds. The molecule has 3 heteroatoms. The van der Waals surface area contributed by atoms with E-state index in [-0.39, 0.29) is 5.41 Å². The lowest BCUT2D eigenvalue weighted by molar-refractivity contribution is 0.369. The molecule has 102 valence electrons. The highest BCUT2D eigenvalue weighted by Crippen LogP contribution is 2.40. The summed E-state index contributed by atoms with van der Waals surface area (Å²) in [6, 6.07) is 5.77. The van der Waals surface area contributed by atoms with Gasteiger partial charge in [-0.2, -0.15) is 0 Å². The van der Waals surface area contributed by atoms with Crippen molar-refractivity contribution >= 4 is 23.2 Å². The molecular formula is C15H23Cl2N. The molecule has 1 aromatic carbocycles. The van der Waals surface area contributed by atoms with Crippen LogP contribution in [0.4, 0.5) is 0 Å². The monoisotopic (exact) mass is 287 g/mol. The van der Waals surface area contributed by atoms with E-state index >= 15 is 0 Å². The number of rotatable bonds is 7. The van der Waals surface area contributed by atoms with Crippen molar-refractivity contribution in [1.82, 2.24) is 5.32 Å². The van der Waals surface area contributed by atoms with Crippen LogP contribution in [0, 0.1) is 0 Å². The molecule has 0 saturated heterocycles. The van der Waals surface area contributed by atoms with Gasteiger partial charge in [0.05, 0.1) is 0 Å². The van der Waals surface area contributed by atoms with Gasteiger partial charge in [-0.05, 0) is 43.5 Å². The third kappa shape index (κ3) is 3.40. The highest BCUT2D eigenvalue weighted by atomic mass is 35.5. The molecule has 0 saturated carbocycles. The fourth-order valence-corrected chi connectivity index (χ4v) is 3.25. The lowest BCUT2D eigenvalue weighted by Gasteiger charge is -2.34. The fourth-order valence-electron chi connectivity index (χ4n) is 2.45. The summed E-state index contributed by atoms with van der Waals surface area (Å²) < 4.78 is 0. The Morgan fingerprint density at radius 1 is 1.06 bits per heavy atom. The Balaban J connectivity index is 3.09. The zero-order valence-corrected chi connectivity index (χ0v) is 13.0. The quantitative estimate of drug-likeness (QED) is 0.692. The highest BCUT2D eigenvalue weighted by Gasteiger charge is 2.32. The van der Waals surface area contributed by atoms with E-state index in [1.807, 2.05) is 18.2 Å². The minimum absolute atomic E-state index is 0.0323. The second-order valence-corrected chi connectivity index (χ2v) is 5.58. The lowest BCUT2D eigenvalue weighted by atomic mass is 9.75. The molecule has 1 rings (SSSR count). The van der Waals surface area contributed by atoms with E-state index in [0.717, 1.165) is 48.0 Å². The number of benzene rings is 1. The molecule has 0 spiro atoms. The minimum Gasteiger partial charge on any atom is -0.316 e. The first-order chi connectivity index (χ1) is 8.61. The molecule has 0 aliphatic carbocycles. The van der Waals surface area contributed by atoms with Crippen LogP contribution < -0.4 is 5.32 Å². The van der Waals surface area contributed by atoms with Crippen LogP contribution >= 0.6 is 23.2 Å². The van der Waals surface area contributed by atoms with Gasteiger partial charge >= 0.3 is 0 Å². The standard InChI is InChI=1S/C15H23Cl2N/c1-4-10-18-11-15(5-2,6-3)14-12(16)8-7-9-13(14)17/h7-9,18H,4-6,10-11H2,1-3H3. The van der Waals surface area contributed by atoms with Crippen molar-refractivity contribution in [2.24, 2.45) is 0 Å². The van der Waals surface area contributed by atoms with Crippen LogP contribution in [0.5, 0.6) is 0 Å². The summed E-state index contributed by atoms with van der Waals surface area (Å²) in [5, 5.41) is 5.08. The van der Waals surface area contributed by atoms with Gasteiger partial charge in [0.15, 0.2) is 0 Å². The number of hydrogen-bond acceptors (Lipinski definition) is 1. The van der Waals surface area contributed by atoms with E-state index in [1.54, 1.807) is 0 Å². The largest absolute Gasteiger partial charge is 0.316 e. The molecule has 0 atom stereocenters. The molecule has 1 aromatic rings. The molecule has 18 heavy (non-hydrogen) atoms. The zero-order valence-electron chi connectivity index (χ0n) is 11.5. The number of nitrogens with one attached hydrogen (secondary N) is 1. The molecule has 0 fully saturated rings. The minimum atomic E-state index is 0.0323. The van der Waals surface area contributed by atoms with Gasteiger partial charge in [-0.3, -0.25) is 0 Å². The van der Waals surface area contributed by atoms with E-state index in [4.69, 9.17) is 23.2 Å². The van der Waals surface area contributed by atoms with Crippen molar-refractivity contribution in [3.05, 3.63) is 33.8 Å². The van der Waals surface area contributed by atoms with Crippen LogP contribution in [0.15, 0.2) is 18.2 Å². The van der Waals surface area contributed by atoms with Gasteiger partial charge in [-0.15, -0.1) is 0 Å². The first-order valence-corrected chi connectivity index (χ1v) is 7.52. The summed E-state index contributed by atoms with van der Waals surface area (Å²) in [5.74, 6) is 0. The second-order valence-electron chi connectivity index (χ2n) is 4.76. The molecule has 1 N–H and O–H groups in total. The van der Waals surface area contributed by atoms with Crippen molar-refractivity contribution in [2.75, 3.05) is 13.1 Å². The summed E-state index contributed by atoms with van der Waals surface area (Å²) in [6.07, 6.45) is 3.20. The molecule has 0 aliphatic heterocycles. The van der Waals surface area contributed by atoms with Crippen molar-refractivity contribution in [1.29, 1.82) is 0 Å². The average molecular weight is 288 g/mol. The Morgan fingerprint density at radius 2 is 1.61 bits per heavy atom. The van der Waals surface area contributed by atoms with Crippen LogP contribution in [-0.2, 0) is 5.41 Å². The van der Waals surface area contributed by atoms with Gasteiger partial charge in [-0.1, -0.05) is 50.0 Å². The summed E-state index contributed by atoms with van der Waals surface area (Å²) in [5.41, 5.74) is 1.13. The summed E-state index contributed by atoms with van der Waals surface area (Å²) in [4.78, 5) is 0. The van der Waals surface area contributed by atoms with E-state index in [1.165, 1.54) is 0 Å². The second kappa shape index (κ2) is 7.37. The molecule has 0 aromatic heterocycles. The maximum Gasteiger partial charge on any atom is 0.0459 e. The molecular weight excluding hydrogens is 265 g/mol. The van der Waals surface area contributed by atoms with Crippen molar-refractivity contribution in [3.8, 4) is 0 Å². The Hall–Kier alpha value is -0.240. The van der Waals surface area contributed by atoms with Gasteiger partial charge in [0.2, 0.25) is 0 Å². The first kappa shape index (κ1) is 15.8. The Bertz CT molecular complexity index is 353. The predicted molar refractivity (Wildman–Crippen MR) is 81.9 cm³/mol. The zero-order chi connectivity index (χ0) is 13.6. The third-order valence-corrected chi connectivity index (χ3v) is 4.37. The topological polar surface area (TPSA) is 12.0 Å². The number of hydrogen-bond donors (Lipinski definition) is 1. The van der Waals surface area contributed by atoms with Crippen LogP contribution in [-0.4, -0.2) is 13.1 Å². The van der Waals surface area contributed by atoms with Crippen LogP contribution in [0.3, 0.4) is 0 Å². The highest BCUT2D eigenvalue weighted by molar-refractivity contribution is 6.36. The summed E-state index contributed by atoms with van der Waals surface area (Å²) in [7, 11) is 0. The van der Waals surface area contributed by atoms with Crippen molar-refractivity contribution in [2.45, 2.75) is 45.4 Å². The maximum absolute atomic E-state index is 6.37. The average Bonchev–Trinajstić information content (AvgIpc) is 2.37. The summed E-state index contributed by atoms with van der Waals surface area (Å²) >= 11 is 12.7. The van der Waals surface area contributed by atoms with Crippen LogP contribution in [0.25, 0.3) is 0 Å². The predicted octanol–water partition coefficient (Wildman–Crippen LogP) is 5.05. The van der Waals surface area contributed by atoms with E-state index in [9.17, 15) is 0 Å². The SMILES string of the molecule is CCCNCC(CC)(CC)c1c(Cl)cccc1Cl. The van der Waals surface area contributed by atoms with E-state index in [0.29, 0.717) is 0 Å². The molecule has 0 radical (unpaired) electrons. The van der Waals surface area contributed by atoms with Crippen molar-refractivity contribution < 1.29 is 0 Å². The normalized spacial score (nSPS) is 11.8. The lowest BCUT2D eigenvalue weighted by Crippen LogP contribution is -2.38. The van der Waals surface area contributed by atoms with Gasteiger partial charge in [0.1, 0.15) is 0 Å². The molecule has 1 nitrogen and oxygen atoms in total. The van der Waals surface area contributed by atoms with Gasteiger partial charge in [0.25, 0.3) is 0 Å². The fraction of sp³-hybridized carbons (Fsp3) is 0.600. The molecule has 0 heterocycles. The van der Waals surface area contributed by atoms with Crippen molar-refractivity contribution in [3.63, 3.8) is 0 Å². The molecule has 0 aliphatic rings. The Kier molecular flexibility index (Phi) is 6.48. The van der Waals surface area contributed by atoms with Gasteiger partial charge in [-0.25, -0.2) is 0 Å². The van der Waals surface area contributed by atoms with E-state index < -0.39 is 0 Å². The van der Waals surface area contributed by atoms with Gasteiger partial charge < -0.3 is 5.32 Å². The van der Waals surface area contributed by atoms with E-state index in [2.05, 4.69) is 26.1 Å². The third-order valence-electron chi connectivity index (χ3n) is 3.74. The molecule has 0 bridgehead atoms. The number of halogens is 2. The molecule has 0 unspecified atom stereocenters. The van der Waals surface area contributed by atoms with Crippen LogP contribution in [0.2, 0.25) is 10.0 Å². The van der Waals surface area contributed by atoms with Gasteiger partial charge in [0, 0.05) is 22.0 Å². The summed E-state index contributed by atoms with van der Waals surface area (Å²) in [6.45, 7) is 8.55. The Labute approximate surface area is 121 Å². The Morgan fingerprint density at radius 3 is 2.06 bits per heavy atom. The smallest absolute Gasteiger partial charge is 0.0459 e.